The van der Waals surface area contributed by atoms with Crippen molar-refractivity contribution in [3.8, 4) is 11.5 Å². The second-order valence-corrected chi connectivity index (χ2v) is 8.71. The van der Waals surface area contributed by atoms with Gasteiger partial charge >= 0.3 is 0 Å². The normalized spacial score (nSPS) is 12.0. The molecule has 0 unspecified atom stereocenters. The van der Waals surface area contributed by atoms with E-state index in [2.05, 4.69) is 0 Å². The molecule has 1 aliphatic heterocycles. The van der Waals surface area contributed by atoms with E-state index in [1.165, 1.54) is 11.0 Å². The molecule has 2 amide bonds. The highest BCUT2D eigenvalue weighted by Crippen LogP contribution is 2.33. The molecule has 178 valence electrons. The maximum absolute atomic E-state index is 13.4. The molecule has 0 atom stereocenters. The van der Waals surface area contributed by atoms with Gasteiger partial charge in [-0.2, -0.15) is 0 Å². The largest absolute Gasteiger partial charge is 0.467 e. The summed E-state index contributed by atoms with van der Waals surface area (Å²) in [5.41, 5.74) is 1.18. The minimum atomic E-state index is -0.321. The lowest BCUT2D eigenvalue weighted by molar-refractivity contribution is -0.133. The van der Waals surface area contributed by atoms with Crippen LogP contribution < -0.4 is 9.47 Å². The molecule has 4 rings (SSSR count). The second-order valence-electron chi connectivity index (χ2n) is 7.87. The molecule has 1 aromatic heterocycles. The van der Waals surface area contributed by atoms with Gasteiger partial charge in [0.05, 0.1) is 23.4 Å². The van der Waals surface area contributed by atoms with E-state index in [-0.39, 0.29) is 36.7 Å². The van der Waals surface area contributed by atoms with E-state index in [4.69, 9.17) is 37.1 Å². The van der Waals surface area contributed by atoms with Crippen LogP contribution in [-0.2, 0) is 17.9 Å². The van der Waals surface area contributed by atoms with Gasteiger partial charge in [0.1, 0.15) is 12.3 Å². The standard InChI is InChI=1S/C25H24Cl2N2O5/c1-2-9-28(25(31)20-7-6-18(26)12-21(20)27)15-24(30)29(14-19-4-3-10-32-19)13-17-5-8-22-23(11-17)34-16-33-22/h3-8,10-12H,2,9,13-16H2,1H3. The highest BCUT2D eigenvalue weighted by atomic mass is 35.5. The SMILES string of the molecule is CCCN(CC(=O)N(Cc1ccc2c(c1)OCO2)Cc1ccco1)C(=O)c1ccc(Cl)cc1Cl. The molecule has 1 aliphatic rings. The van der Waals surface area contributed by atoms with E-state index in [0.29, 0.717) is 47.4 Å². The van der Waals surface area contributed by atoms with Crippen molar-refractivity contribution in [1.29, 1.82) is 0 Å². The van der Waals surface area contributed by atoms with Crippen molar-refractivity contribution in [3.05, 3.63) is 81.7 Å². The fourth-order valence-electron chi connectivity index (χ4n) is 3.70. The Balaban J connectivity index is 1.54. The molecule has 0 radical (unpaired) electrons. The van der Waals surface area contributed by atoms with Crippen molar-refractivity contribution in [3.63, 3.8) is 0 Å². The molecule has 0 bridgehead atoms. The summed E-state index contributed by atoms with van der Waals surface area (Å²) in [6.07, 6.45) is 2.25. The van der Waals surface area contributed by atoms with Crippen LogP contribution in [0.2, 0.25) is 10.0 Å². The molecule has 0 aliphatic carbocycles. The number of amides is 2. The van der Waals surface area contributed by atoms with Gasteiger partial charge in [-0.1, -0.05) is 36.2 Å². The van der Waals surface area contributed by atoms with Crippen molar-refractivity contribution in [2.45, 2.75) is 26.4 Å². The average molecular weight is 503 g/mol. The van der Waals surface area contributed by atoms with Crippen molar-refractivity contribution in [1.82, 2.24) is 9.80 Å². The molecule has 7 nitrogen and oxygen atoms in total. The van der Waals surface area contributed by atoms with E-state index in [0.717, 1.165) is 5.56 Å². The predicted molar refractivity (Wildman–Crippen MR) is 128 cm³/mol. The molecule has 0 fully saturated rings. The predicted octanol–water partition coefficient (Wildman–Crippen LogP) is 5.40. The van der Waals surface area contributed by atoms with Gasteiger partial charge in [0.2, 0.25) is 12.7 Å². The number of hydrogen-bond donors (Lipinski definition) is 0. The summed E-state index contributed by atoms with van der Waals surface area (Å²) in [4.78, 5) is 29.8. The molecule has 0 saturated carbocycles. The molecule has 2 heterocycles. The Hall–Kier alpha value is -3.16. The number of ether oxygens (including phenoxy) is 2. The lowest BCUT2D eigenvalue weighted by atomic mass is 10.1. The quantitative estimate of drug-likeness (QED) is 0.391. The minimum absolute atomic E-state index is 0.100. The Labute approximate surface area is 207 Å². The third kappa shape index (κ3) is 5.66. The Morgan fingerprint density at radius 1 is 0.971 bits per heavy atom. The summed E-state index contributed by atoms with van der Waals surface area (Å²) in [6.45, 7) is 3.00. The van der Waals surface area contributed by atoms with Gasteiger partial charge in [0, 0.05) is 18.1 Å². The molecule has 9 heteroatoms. The summed E-state index contributed by atoms with van der Waals surface area (Å²) in [7, 11) is 0. The molecule has 34 heavy (non-hydrogen) atoms. The smallest absolute Gasteiger partial charge is 0.255 e. The molecule has 0 spiro atoms. The summed E-state index contributed by atoms with van der Waals surface area (Å²) in [5.74, 6) is 1.41. The third-order valence-corrected chi connectivity index (χ3v) is 5.91. The molecule has 2 aromatic carbocycles. The van der Waals surface area contributed by atoms with Crippen LogP contribution in [0.5, 0.6) is 11.5 Å². The van der Waals surface area contributed by atoms with Gasteiger partial charge in [-0.15, -0.1) is 0 Å². The highest BCUT2D eigenvalue weighted by molar-refractivity contribution is 6.36. The molecule has 0 N–H and O–H groups in total. The van der Waals surface area contributed by atoms with E-state index in [9.17, 15) is 9.59 Å². The Morgan fingerprint density at radius 3 is 2.53 bits per heavy atom. The Morgan fingerprint density at radius 2 is 1.79 bits per heavy atom. The first kappa shape index (κ1) is 24.0. The van der Waals surface area contributed by atoms with Crippen LogP contribution in [0.1, 0.15) is 35.0 Å². The fraction of sp³-hybridized carbons (Fsp3) is 0.280. The number of benzene rings is 2. The lowest BCUT2D eigenvalue weighted by Crippen LogP contribution is -2.42. The maximum Gasteiger partial charge on any atom is 0.255 e. The monoisotopic (exact) mass is 502 g/mol. The van der Waals surface area contributed by atoms with Crippen LogP contribution in [0.3, 0.4) is 0 Å². The van der Waals surface area contributed by atoms with E-state index in [1.54, 1.807) is 29.4 Å². The first-order valence-corrected chi connectivity index (χ1v) is 11.6. The number of rotatable bonds is 9. The number of nitrogens with zero attached hydrogens (tertiary/aromatic N) is 2. The van der Waals surface area contributed by atoms with Crippen LogP contribution in [0, 0.1) is 0 Å². The van der Waals surface area contributed by atoms with Crippen LogP contribution in [0.25, 0.3) is 0 Å². The van der Waals surface area contributed by atoms with Crippen LogP contribution in [0.15, 0.2) is 59.2 Å². The zero-order chi connectivity index (χ0) is 24.1. The van der Waals surface area contributed by atoms with Crippen molar-refractivity contribution in [2.75, 3.05) is 19.9 Å². The van der Waals surface area contributed by atoms with Gasteiger partial charge in [-0.05, 0) is 54.4 Å². The molecular formula is C25H24Cl2N2O5. The number of furan rings is 1. The number of halogens is 2. The highest BCUT2D eigenvalue weighted by Gasteiger charge is 2.25. The summed E-state index contributed by atoms with van der Waals surface area (Å²) in [5, 5.41) is 0.687. The second kappa shape index (κ2) is 10.8. The van der Waals surface area contributed by atoms with E-state index < -0.39 is 0 Å². The summed E-state index contributed by atoms with van der Waals surface area (Å²) in [6, 6.07) is 13.8. The van der Waals surface area contributed by atoms with Crippen LogP contribution >= 0.6 is 23.2 Å². The summed E-state index contributed by atoms with van der Waals surface area (Å²) < 4.78 is 16.3. The molecule has 0 saturated heterocycles. The first-order valence-electron chi connectivity index (χ1n) is 10.9. The number of carbonyl (C=O) groups is 2. The fourth-order valence-corrected chi connectivity index (χ4v) is 4.19. The summed E-state index contributed by atoms with van der Waals surface area (Å²) >= 11 is 12.2. The zero-order valence-corrected chi connectivity index (χ0v) is 20.1. The van der Waals surface area contributed by atoms with Gasteiger partial charge in [-0.3, -0.25) is 9.59 Å². The first-order chi connectivity index (χ1) is 16.4. The lowest BCUT2D eigenvalue weighted by Gasteiger charge is -2.27. The number of fused-ring (bicyclic) bond motifs is 1. The Bertz CT molecular complexity index is 1170. The van der Waals surface area contributed by atoms with Crippen LogP contribution in [0.4, 0.5) is 0 Å². The number of hydrogen-bond acceptors (Lipinski definition) is 5. The molecule has 3 aromatic rings. The van der Waals surface area contributed by atoms with Gasteiger partial charge in [0.15, 0.2) is 11.5 Å². The van der Waals surface area contributed by atoms with E-state index in [1.807, 2.05) is 31.2 Å². The van der Waals surface area contributed by atoms with Crippen molar-refractivity contribution >= 4 is 35.0 Å². The Kier molecular flexibility index (Phi) is 7.65. The average Bonchev–Trinajstić information content (AvgIpc) is 3.49. The van der Waals surface area contributed by atoms with E-state index >= 15 is 0 Å². The third-order valence-electron chi connectivity index (χ3n) is 5.36. The maximum atomic E-state index is 13.4. The van der Waals surface area contributed by atoms with Crippen LogP contribution in [-0.4, -0.2) is 41.5 Å². The topological polar surface area (TPSA) is 72.2 Å². The zero-order valence-electron chi connectivity index (χ0n) is 18.6. The van der Waals surface area contributed by atoms with Crippen molar-refractivity contribution < 1.29 is 23.5 Å². The van der Waals surface area contributed by atoms with Crippen molar-refractivity contribution in [2.24, 2.45) is 0 Å². The van der Waals surface area contributed by atoms with Gasteiger partial charge in [0.25, 0.3) is 5.91 Å². The van der Waals surface area contributed by atoms with Gasteiger partial charge < -0.3 is 23.7 Å². The number of carbonyl (C=O) groups excluding carboxylic acids is 2. The molecular weight excluding hydrogens is 479 g/mol. The minimum Gasteiger partial charge on any atom is -0.467 e. The van der Waals surface area contributed by atoms with Gasteiger partial charge in [-0.25, -0.2) is 0 Å².